The molecular formula is C20H24N4O3. The lowest BCUT2D eigenvalue weighted by Gasteiger charge is -2.39. The van der Waals surface area contributed by atoms with Crippen molar-refractivity contribution >= 4 is 23.7 Å². The minimum atomic E-state index is -0.560. The standard InChI is InChI=1S/C20H24N4O3/c1-3-4-5-9-12-23-18(25)16-17(22(2)20(23)26)21-19-24(16)13-15(27-19)14-10-7-6-8-11-14/h6-8,10-11,13,16-17H,3-5,9,12H2,1-2H3. The molecule has 1 aromatic rings. The van der Waals surface area contributed by atoms with Crippen LogP contribution >= 0.6 is 0 Å². The van der Waals surface area contributed by atoms with Crippen LogP contribution in [0.2, 0.25) is 0 Å². The molecule has 0 bridgehead atoms. The molecule has 0 N–H and O–H groups in total. The first-order valence-electron chi connectivity index (χ1n) is 9.51. The van der Waals surface area contributed by atoms with E-state index in [1.165, 1.54) is 9.80 Å². The monoisotopic (exact) mass is 368 g/mol. The van der Waals surface area contributed by atoms with E-state index in [1.807, 2.05) is 36.5 Å². The zero-order valence-electron chi connectivity index (χ0n) is 15.7. The van der Waals surface area contributed by atoms with Gasteiger partial charge in [-0.1, -0.05) is 56.5 Å². The number of hydrogen-bond acceptors (Lipinski definition) is 5. The number of nitrogens with zero attached hydrogens (tertiary/aromatic N) is 4. The van der Waals surface area contributed by atoms with Gasteiger partial charge in [0.25, 0.3) is 11.9 Å². The second-order valence-corrected chi connectivity index (χ2v) is 7.08. The number of hydrogen-bond donors (Lipinski definition) is 0. The number of aliphatic imine (C=N–C) groups is 1. The van der Waals surface area contributed by atoms with E-state index < -0.39 is 12.2 Å². The molecule has 2 atom stereocenters. The molecular weight excluding hydrogens is 344 g/mol. The number of carbonyl (C=O) groups is 2. The Balaban J connectivity index is 1.55. The third-order valence-electron chi connectivity index (χ3n) is 5.25. The van der Waals surface area contributed by atoms with Gasteiger partial charge in [-0.05, 0) is 6.42 Å². The molecule has 0 saturated carbocycles. The largest absolute Gasteiger partial charge is 0.423 e. The van der Waals surface area contributed by atoms with Crippen molar-refractivity contribution in [1.29, 1.82) is 0 Å². The molecule has 3 heterocycles. The Labute approximate surface area is 158 Å². The maximum absolute atomic E-state index is 13.1. The van der Waals surface area contributed by atoms with E-state index >= 15 is 0 Å². The summed E-state index contributed by atoms with van der Waals surface area (Å²) in [6.45, 7) is 2.58. The van der Waals surface area contributed by atoms with Crippen LogP contribution in [0.15, 0.2) is 41.5 Å². The predicted molar refractivity (Wildman–Crippen MR) is 101 cm³/mol. The summed E-state index contributed by atoms with van der Waals surface area (Å²) in [7, 11) is 1.69. The molecule has 0 spiro atoms. The smallest absolute Gasteiger partial charge is 0.328 e. The van der Waals surface area contributed by atoms with Gasteiger partial charge in [-0.15, -0.1) is 0 Å². The summed E-state index contributed by atoms with van der Waals surface area (Å²) in [4.78, 5) is 34.9. The molecule has 142 valence electrons. The Hall–Kier alpha value is -2.83. The van der Waals surface area contributed by atoms with Crippen LogP contribution in [0.5, 0.6) is 0 Å². The molecule has 0 aliphatic carbocycles. The van der Waals surface area contributed by atoms with Crippen LogP contribution in [0.1, 0.15) is 38.2 Å². The van der Waals surface area contributed by atoms with E-state index in [1.54, 1.807) is 11.9 Å². The van der Waals surface area contributed by atoms with E-state index in [-0.39, 0.29) is 11.9 Å². The predicted octanol–water partition coefficient (Wildman–Crippen LogP) is 2.86. The fraction of sp³-hybridized carbons (Fsp3) is 0.450. The number of rotatable bonds is 6. The van der Waals surface area contributed by atoms with Gasteiger partial charge in [-0.2, -0.15) is 0 Å². The molecule has 3 aliphatic heterocycles. The van der Waals surface area contributed by atoms with E-state index in [4.69, 9.17) is 4.74 Å². The minimum Gasteiger partial charge on any atom is -0.423 e. The number of carbonyl (C=O) groups excluding carboxylic acids is 2. The zero-order chi connectivity index (χ0) is 19.0. The summed E-state index contributed by atoms with van der Waals surface area (Å²) >= 11 is 0. The summed E-state index contributed by atoms with van der Waals surface area (Å²) in [5.41, 5.74) is 0.926. The van der Waals surface area contributed by atoms with E-state index in [9.17, 15) is 9.59 Å². The fourth-order valence-electron chi connectivity index (χ4n) is 3.72. The van der Waals surface area contributed by atoms with Crippen LogP contribution in [-0.4, -0.2) is 58.5 Å². The highest BCUT2D eigenvalue weighted by molar-refractivity contribution is 6.04. The molecule has 4 rings (SSSR count). The Morgan fingerprint density at radius 1 is 1.11 bits per heavy atom. The second kappa shape index (κ2) is 7.06. The van der Waals surface area contributed by atoms with Crippen molar-refractivity contribution < 1.29 is 14.3 Å². The van der Waals surface area contributed by atoms with Crippen LogP contribution in [0.4, 0.5) is 4.79 Å². The average Bonchev–Trinajstić information content (AvgIpc) is 3.24. The van der Waals surface area contributed by atoms with Crippen LogP contribution in [0, 0.1) is 0 Å². The molecule has 0 aromatic heterocycles. The van der Waals surface area contributed by atoms with Crippen molar-refractivity contribution in [2.45, 2.75) is 44.8 Å². The number of amidine groups is 1. The molecule has 2 unspecified atom stereocenters. The molecule has 3 amide bonds. The number of amides is 3. The van der Waals surface area contributed by atoms with Crippen molar-refractivity contribution in [2.24, 2.45) is 4.99 Å². The number of imide groups is 1. The molecule has 1 aromatic carbocycles. The molecule has 3 aliphatic rings. The first kappa shape index (κ1) is 17.6. The molecule has 7 heteroatoms. The Kier molecular flexibility index (Phi) is 4.59. The van der Waals surface area contributed by atoms with Gasteiger partial charge in [0.05, 0.1) is 6.20 Å². The quantitative estimate of drug-likeness (QED) is 0.724. The first-order valence-corrected chi connectivity index (χ1v) is 9.51. The summed E-state index contributed by atoms with van der Waals surface area (Å²) < 4.78 is 5.87. The lowest BCUT2D eigenvalue weighted by molar-refractivity contribution is -0.136. The number of likely N-dealkylation sites (N-methyl/N-ethyl adjacent to an activating group) is 1. The number of fused-ring (bicyclic) bond motifs is 3. The molecule has 1 saturated heterocycles. The van der Waals surface area contributed by atoms with Crippen LogP contribution < -0.4 is 0 Å². The molecule has 27 heavy (non-hydrogen) atoms. The third kappa shape index (κ3) is 2.97. The normalized spacial score (nSPS) is 23.9. The first-order chi connectivity index (χ1) is 13.1. The van der Waals surface area contributed by atoms with Gasteiger partial charge in [0.15, 0.2) is 18.0 Å². The summed E-state index contributed by atoms with van der Waals surface area (Å²) in [5, 5.41) is 0. The van der Waals surface area contributed by atoms with Gasteiger partial charge < -0.3 is 9.64 Å². The van der Waals surface area contributed by atoms with Gasteiger partial charge in [0.2, 0.25) is 0 Å². The van der Waals surface area contributed by atoms with E-state index in [2.05, 4.69) is 11.9 Å². The lowest BCUT2D eigenvalue weighted by atomic mass is 10.1. The minimum absolute atomic E-state index is 0.201. The number of ether oxygens (including phenoxy) is 1. The Bertz CT molecular complexity index is 805. The zero-order valence-corrected chi connectivity index (χ0v) is 15.7. The van der Waals surface area contributed by atoms with Gasteiger partial charge >= 0.3 is 6.03 Å². The number of unbranched alkanes of at least 4 members (excludes halogenated alkanes) is 3. The van der Waals surface area contributed by atoms with Crippen LogP contribution in [0.25, 0.3) is 5.76 Å². The maximum Gasteiger partial charge on any atom is 0.328 e. The van der Waals surface area contributed by atoms with Gasteiger partial charge in [0.1, 0.15) is 0 Å². The Morgan fingerprint density at radius 2 is 1.89 bits per heavy atom. The van der Waals surface area contributed by atoms with Crippen molar-refractivity contribution in [3.05, 3.63) is 42.1 Å². The highest BCUT2D eigenvalue weighted by Crippen LogP contribution is 2.35. The van der Waals surface area contributed by atoms with Crippen molar-refractivity contribution in [3.8, 4) is 0 Å². The van der Waals surface area contributed by atoms with E-state index in [0.717, 1.165) is 31.2 Å². The second-order valence-electron chi connectivity index (χ2n) is 7.08. The molecule has 7 nitrogen and oxygen atoms in total. The van der Waals surface area contributed by atoms with Crippen molar-refractivity contribution in [3.63, 3.8) is 0 Å². The average molecular weight is 368 g/mol. The fourth-order valence-corrected chi connectivity index (χ4v) is 3.72. The third-order valence-corrected chi connectivity index (χ3v) is 5.25. The summed E-state index contributed by atoms with van der Waals surface area (Å²) in [6, 6.07) is 9.24. The molecule has 0 radical (unpaired) electrons. The molecule has 1 fully saturated rings. The highest BCUT2D eigenvalue weighted by Gasteiger charge is 2.53. The van der Waals surface area contributed by atoms with Crippen molar-refractivity contribution in [1.82, 2.24) is 14.7 Å². The summed E-state index contributed by atoms with van der Waals surface area (Å²) in [6.07, 6.45) is 5.33. The SMILES string of the molecule is CCCCCCN1C(=O)C2C(N=C3OC(c4ccccc4)=CN32)N(C)C1=O. The topological polar surface area (TPSA) is 65.5 Å². The van der Waals surface area contributed by atoms with Crippen LogP contribution in [-0.2, 0) is 9.53 Å². The van der Waals surface area contributed by atoms with Gasteiger partial charge in [0, 0.05) is 19.2 Å². The van der Waals surface area contributed by atoms with E-state index in [0.29, 0.717) is 18.3 Å². The summed E-state index contributed by atoms with van der Waals surface area (Å²) in [5.74, 6) is 0.460. The van der Waals surface area contributed by atoms with Crippen LogP contribution in [0.3, 0.4) is 0 Å². The number of urea groups is 1. The van der Waals surface area contributed by atoms with Gasteiger partial charge in [-0.25, -0.2) is 9.79 Å². The van der Waals surface area contributed by atoms with Crippen molar-refractivity contribution in [2.75, 3.05) is 13.6 Å². The lowest BCUT2D eigenvalue weighted by Crippen LogP contribution is -2.64. The Morgan fingerprint density at radius 3 is 2.63 bits per heavy atom. The maximum atomic E-state index is 13.1. The van der Waals surface area contributed by atoms with Gasteiger partial charge in [-0.3, -0.25) is 14.6 Å². The number of benzene rings is 1. The highest BCUT2D eigenvalue weighted by atomic mass is 16.5.